The third-order valence-corrected chi connectivity index (χ3v) is 6.83. The van der Waals surface area contributed by atoms with Crippen molar-refractivity contribution < 1.29 is 9.59 Å². The highest BCUT2D eigenvalue weighted by atomic mass is 16.2. The minimum atomic E-state index is -0.0594. The van der Waals surface area contributed by atoms with E-state index in [1.165, 1.54) is 19.3 Å². The molecule has 3 heterocycles. The predicted octanol–water partition coefficient (Wildman–Crippen LogP) is 3.62. The van der Waals surface area contributed by atoms with Gasteiger partial charge in [0.1, 0.15) is 5.82 Å². The Bertz CT molecular complexity index is 744. The van der Waals surface area contributed by atoms with Gasteiger partial charge in [0.2, 0.25) is 5.91 Å². The first-order valence-electron chi connectivity index (χ1n) is 11.6. The van der Waals surface area contributed by atoms with E-state index in [2.05, 4.69) is 20.5 Å². The molecule has 0 spiro atoms. The van der Waals surface area contributed by atoms with Gasteiger partial charge in [0.15, 0.2) is 0 Å². The Hall–Kier alpha value is -2.31. The molecule has 1 saturated carbocycles. The van der Waals surface area contributed by atoms with Gasteiger partial charge in [-0.25, -0.2) is 9.78 Å². The van der Waals surface area contributed by atoms with Crippen LogP contribution in [0.2, 0.25) is 0 Å². The smallest absolute Gasteiger partial charge is 0.317 e. The van der Waals surface area contributed by atoms with Crippen LogP contribution in [0.15, 0.2) is 18.3 Å². The SMILES string of the molecule is CC(C)C(=O)Nc1ccc(N2CCCC[C@@H]3CN(C(=O)NC4CCCC4)C[C@@H]32)nc1. The van der Waals surface area contributed by atoms with Crippen molar-refractivity contribution in [3.63, 3.8) is 0 Å². The summed E-state index contributed by atoms with van der Waals surface area (Å²) in [6.45, 7) is 6.31. The molecule has 7 heteroatoms. The van der Waals surface area contributed by atoms with Crippen LogP contribution in [0.25, 0.3) is 0 Å². The summed E-state index contributed by atoms with van der Waals surface area (Å²) in [4.78, 5) is 33.8. The molecule has 3 amide bonds. The zero-order valence-corrected chi connectivity index (χ0v) is 18.3. The highest BCUT2D eigenvalue weighted by molar-refractivity contribution is 5.91. The Morgan fingerprint density at radius 1 is 1.07 bits per heavy atom. The second-order valence-corrected chi connectivity index (χ2v) is 9.40. The molecule has 2 atom stereocenters. The number of carbonyl (C=O) groups excluding carboxylic acids is 2. The molecule has 7 nitrogen and oxygen atoms in total. The quantitative estimate of drug-likeness (QED) is 0.790. The Balaban J connectivity index is 1.42. The maximum atomic E-state index is 12.8. The molecule has 1 aliphatic carbocycles. The highest BCUT2D eigenvalue weighted by Crippen LogP contribution is 2.33. The molecule has 3 fully saturated rings. The summed E-state index contributed by atoms with van der Waals surface area (Å²) in [5.41, 5.74) is 0.729. The van der Waals surface area contributed by atoms with E-state index in [0.29, 0.717) is 18.0 Å². The summed E-state index contributed by atoms with van der Waals surface area (Å²) in [6.07, 6.45) is 9.93. The molecular formula is C23H35N5O2. The van der Waals surface area contributed by atoms with Gasteiger partial charge in [0, 0.05) is 31.6 Å². The van der Waals surface area contributed by atoms with E-state index in [1.54, 1.807) is 6.20 Å². The molecule has 30 heavy (non-hydrogen) atoms. The molecule has 1 aromatic rings. The first-order chi connectivity index (χ1) is 14.5. The van der Waals surface area contributed by atoms with Crippen LogP contribution < -0.4 is 15.5 Å². The van der Waals surface area contributed by atoms with Crippen LogP contribution in [0, 0.1) is 11.8 Å². The number of rotatable bonds is 4. The number of hydrogen-bond acceptors (Lipinski definition) is 4. The first-order valence-corrected chi connectivity index (χ1v) is 11.6. The lowest BCUT2D eigenvalue weighted by Crippen LogP contribution is -2.45. The summed E-state index contributed by atoms with van der Waals surface area (Å²) >= 11 is 0. The lowest BCUT2D eigenvalue weighted by atomic mass is 9.98. The van der Waals surface area contributed by atoms with Crippen LogP contribution in [-0.4, -0.2) is 53.5 Å². The summed E-state index contributed by atoms with van der Waals surface area (Å²) in [5.74, 6) is 1.37. The van der Waals surface area contributed by atoms with Gasteiger partial charge in [-0.3, -0.25) is 4.79 Å². The van der Waals surface area contributed by atoms with E-state index < -0.39 is 0 Å². The van der Waals surface area contributed by atoms with Gasteiger partial charge >= 0.3 is 6.03 Å². The number of anilines is 2. The van der Waals surface area contributed by atoms with Crippen LogP contribution >= 0.6 is 0 Å². The van der Waals surface area contributed by atoms with E-state index >= 15 is 0 Å². The first kappa shape index (κ1) is 20.9. The topological polar surface area (TPSA) is 77.6 Å². The number of carbonyl (C=O) groups is 2. The van der Waals surface area contributed by atoms with Crippen molar-refractivity contribution in [2.45, 2.75) is 70.9 Å². The summed E-state index contributed by atoms with van der Waals surface area (Å²) < 4.78 is 0. The normalized spacial score (nSPS) is 24.6. The minimum absolute atomic E-state index is 0.000837. The van der Waals surface area contributed by atoms with E-state index in [-0.39, 0.29) is 17.9 Å². The zero-order chi connectivity index (χ0) is 21.1. The Morgan fingerprint density at radius 3 is 2.53 bits per heavy atom. The van der Waals surface area contributed by atoms with Gasteiger partial charge < -0.3 is 20.4 Å². The predicted molar refractivity (Wildman–Crippen MR) is 119 cm³/mol. The Kier molecular flexibility index (Phi) is 6.44. The number of fused-ring (bicyclic) bond motifs is 1. The monoisotopic (exact) mass is 413 g/mol. The summed E-state index contributed by atoms with van der Waals surface area (Å²) in [5, 5.41) is 6.15. The average molecular weight is 414 g/mol. The van der Waals surface area contributed by atoms with Gasteiger partial charge in [-0.05, 0) is 43.7 Å². The fourth-order valence-electron chi connectivity index (χ4n) is 5.05. The van der Waals surface area contributed by atoms with Gasteiger partial charge in [-0.15, -0.1) is 0 Å². The lowest BCUT2D eigenvalue weighted by molar-refractivity contribution is -0.118. The molecular weight excluding hydrogens is 378 g/mol. The van der Waals surface area contributed by atoms with Crippen molar-refractivity contribution in [2.24, 2.45) is 11.8 Å². The molecule has 164 valence electrons. The average Bonchev–Trinajstić information content (AvgIpc) is 3.35. The van der Waals surface area contributed by atoms with Crippen LogP contribution in [0.3, 0.4) is 0 Å². The molecule has 2 N–H and O–H groups in total. The number of likely N-dealkylation sites (tertiary alicyclic amines) is 1. The van der Waals surface area contributed by atoms with Gasteiger partial charge in [0.05, 0.1) is 17.9 Å². The van der Waals surface area contributed by atoms with E-state index in [0.717, 1.165) is 56.8 Å². The van der Waals surface area contributed by atoms with Crippen LogP contribution in [0.5, 0.6) is 0 Å². The molecule has 0 radical (unpaired) electrons. The van der Waals surface area contributed by atoms with Crippen molar-refractivity contribution in [3.05, 3.63) is 18.3 Å². The number of pyridine rings is 1. The molecule has 0 unspecified atom stereocenters. The van der Waals surface area contributed by atoms with Gasteiger partial charge in [-0.1, -0.05) is 33.1 Å². The number of aromatic nitrogens is 1. The minimum Gasteiger partial charge on any atom is -0.352 e. The maximum Gasteiger partial charge on any atom is 0.317 e. The molecule has 4 rings (SSSR count). The lowest BCUT2D eigenvalue weighted by Gasteiger charge is -2.31. The Labute approximate surface area is 179 Å². The molecule has 3 aliphatic rings. The maximum absolute atomic E-state index is 12.8. The molecule has 0 aromatic carbocycles. The second-order valence-electron chi connectivity index (χ2n) is 9.40. The van der Waals surface area contributed by atoms with Crippen LogP contribution in [0.4, 0.5) is 16.3 Å². The number of amides is 3. The third-order valence-electron chi connectivity index (χ3n) is 6.83. The highest BCUT2D eigenvalue weighted by Gasteiger charge is 2.40. The number of urea groups is 1. The Morgan fingerprint density at radius 2 is 1.83 bits per heavy atom. The van der Waals surface area contributed by atoms with Crippen molar-refractivity contribution in [3.8, 4) is 0 Å². The fourth-order valence-corrected chi connectivity index (χ4v) is 5.05. The fraction of sp³-hybridized carbons (Fsp3) is 0.696. The number of nitrogens with one attached hydrogen (secondary N) is 2. The van der Waals surface area contributed by atoms with Crippen molar-refractivity contribution in [1.82, 2.24) is 15.2 Å². The second kappa shape index (κ2) is 9.23. The van der Waals surface area contributed by atoms with E-state index in [4.69, 9.17) is 0 Å². The number of hydrogen-bond donors (Lipinski definition) is 2. The standard InChI is InChI=1S/C23H35N5O2/c1-16(2)22(29)25-19-10-11-21(24-13-19)28-12-6-5-7-17-14-27(15-20(17)28)23(30)26-18-8-3-4-9-18/h10-11,13,16-18,20H,3-9,12,14-15H2,1-2H3,(H,25,29)(H,26,30)/t17-,20+/m1/s1. The van der Waals surface area contributed by atoms with Crippen LogP contribution in [-0.2, 0) is 4.79 Å². The van der Waals surface area contributed by atoms with E-state index in [9.17, 15) is 9.59 Å². The van der Waals surface area contributed by atoms with E-state index in [1.807, 2.05) is 30.9 Å². The molecule has 1 aromatic heterocycles. The van der Waals surface area contributed by atoms with Crippen molar-refractivity contribution in [1.29, 1.82) is 0 Å². The molecule has 0 bridgehead atoms. The molecule has 2 aliphatic heterocycles. The summed E-state index contributed by atoms with van der Waals surface area (Å²) in [6, 6.07) is 4.70. The number of nitrogens with zero attached hydrogens (tertiary/aromatic N) is 3. The van der Waals surface area contributed by atoms with Crippen molar-refractivity contribution >= 4 is 23.4 Å². The van der Waals surface area contributed by atoms with Gasteiger partial charge in [0.25, 0.3) is 0 Å². The summed E-state index contributed by atoms with van der Waals surface area (Å²) in [7, 11) is 0. The molecule has 2 saturated heterocycles. The van der Waals surface area contributed by atoms with Crippen molar-refractivity contribution in [2.75, 3.05) is 29.9 Å². The third kappa shape index (κ3) is 4.71. The van der Waals surface area contributed by atoms with Gasteiger partial charge in [-0.2, -0.15) is 0 Å². The van der Waals surface area contributed by atoms with Crippen LogP contribution in [0.1, 0.15) is 58.8 Å². The zero-order valence-electron chi connectivity index (χ0n) is 18.3. The largest absolute Gasteiger partial charge is 0.352 e.